The molecule has 28 heavy (non-hydrogen) atoms. The molecule has 0 saturated carbocycles. The number of benzene rings is 3. The van der Waals surface area contributed by atoms with Gasteiger partial charge in [-0.25, -0.2) is 0 Å². The molecule has 0 bridgehead atoms. The number of rotatable bonds is 5. The number of carbonyl (C=O) groups is 3. The monoisotopic (exact) mass is 375 g/mol. The highest BCUT2D eigenvalue weighted by molar-refractivity contribution is 5.97. The standard InChI is InChI=1S/C22H21N3O3/c1-15-7-2-4-11-18(15)22(28)25-24-21(27)14-23-20(26)13-17-10-6-9-16-8-3-5-12-19(16)17/h2-12H,13-14H2,1H3,(H,23,26)(H,24,27)(H,25,28). The Hall–Kier alpha value is -3.67. The van der Waals surface area contributed by atoms with Gasteiger partial charge < -0.3 is 5.32 Å². The molecule has 0 aromatic heterocycles. The number of hydrogen-bond donors (Lipinski definition) is 3. The molecule has 3 aromatic carbocycles. The number of fused-ring (bicyclic) bond motifs is 1. The fraction of sp³-hybridized carbons (Fsp3) is 0.136. The first-order valence-electron chi connectivity index (χ1n) is 8.93. The van der Waals surface area contributed by atoms with Crippen molar-refractivity contribution < 1.29 is 14.4 Å². The third kappa shape index (κ3) is 4.73. The van der Waals surface area contributed by atoms with Crippen molar-refractivity contribution in [3.05, 3.63) is 83.4 Å². The van der Waals surface area contributed by atoms with E-state index in [9.17, 15) is 14.4 Å². The molecule has 0 spiro atoms. The van der Waals surface area contributed by atoms with E-state index >= 15 is 0 Å². The van der Waals surface area contributed by atoms with Crippen LogP contribution in [0, 0.1) is 6.92 Å². The predicted octanol–water partition coefficient (Wildman–Crippen LogP) is 2.27. The van der Waals surface area contributed by atoms with Gasteiger partial charge in [0.05, 0.1) is 13.0 Å². The van der Waals surface area contributed by atoms with Crippen LogP contribution < -0.4 is 16.2 Å². The summed E-state index contributed by atoms with van der Waals surface area (Å²) < 4.78 is 0. The third-order valence-corrected chi connectivity index (χ3v) is 4.38. The third-order valence-electron chi connectivity index (χ3n) is 4.38. The lowest BCUT2D eigenvalue weighted by Gasteiger charge is -2.10. The molecule has 0 fully saturated rings. The normalized spacial score (nSPS) is 10.3. The maximum Gasteiger partial charge on any atom is 0.269 e. The quantitative estimate of drug-likeness (QED) is 0.598. The minimum absolute atomic E-state index is 0.171. The highest BCUT2D eigenvalue weighted by Gasteiger charge is 2.11. The molecular weight excluding hydrogens is 354 g/mol. The van der Waals surface area contributed by atoms with Crippen LogP contribution >= 0.6 is 0 Å². The smallest absolute Gasteiger partial charge is 0.269 e. The highest BCUT2D eigenvalue weighted by Crippen LogP contribution is 2.18. The average molecular weight is 375 g/mol. The Morgan fingerprint density at radius 2 is 1.50 bits per heavy atom. The Bertz CT molecular complexity index is 1020. The second kappa shape index (κ2) is 8.81. The number of aryl methyl sites for hydroxylation is 1. The molecule has 3 amide bonds. The molecule has 0 saturated heterocycles. The number of hydrazine groups is 1. The molecule has 0 heterocycles. The lowest BCUT2D eigenvalue weighted by Crippen LogP contribution is -2.46. The topological polar surface area (TPSA) is 87.3 Å². The van der Waals surface area contributed by atoms with Crippen molar-refractivity contribution in [1.82, 2.24) is 16.2 Å². The van der Waals surface area contributed by atoms with E-state index in [1.807, 2.05) is 61.5 Å². The lowest BCUT2D eigenvalue weighted by atomic mass is 10.0. The van der Waals surface area contributed by atoms with Gasteiger partial charge in [0.25, 0.3) is 11.8 Å². The van der Waals surface area contributed by atoms with E-state index in [-0.39, 0.29) is 18.9 Å². The Kier molecular flexibility index (Phi) is 6.01. The molecule has 3 aromatic rings. The summed E-state index contributed by atoms with van der Waals surface area (Å²) in [5, 5.41) is 4.64. The van der Waals surface area contributed by atoms with Crippen molar-refractivity contribution >= 4 is 28.5 Å². The summed E-state index contributed by atoms with van der Waals surface area (Å²) in [6.07, 6.45) is 0.171. The molecule has 6 heteroatoms. The van der Waals surface area contributed by atoms with Crippen LogP contribution in [0.15, 0.2) is 66.7 Å². The van der Waals surface area contributed by atoms with Crippen molar-refractivity contribution in [2.45, 2.75) is 13.3 Å². The Morgan fingerprint density at radius 3 is 2.32 bits per heavy atom. The summed E-state index contributed by atoms with van der Waals surface area (Å²) in [5.41, 5.74) is 6.82. The first-order valence-corrected chi connectivity index (χ1v) is 8.93. The SMILES string of the molecule is Cc1ccccc1C(=O)NNC(=O)CNC(=O)Cc1cccc2ccccc12. The Morgan fingerprint density at radius 1 is 0.786 bits per heavy atom. The van der Waals surface area contributed by atoms with Gasteiger partial charge in [0, 0.05) is 5.56 Å². The van der Waals surface area contributed by atoms with Crippen LogP contribution in [-0.4, -0.2) is 24.3 Å². The molecule has 0 unspecified atom stereocenters. The summed E-state index contributed by atoms with van der Waals surface area (Å²) in [7, 11) is 0. The van der Waals surface area contributed by atoms with Gasteiger partial charge in [-0.15, -0.1) is 0 Å². The van der Waals surface area contributed by atoms with Crippen LogP contribution in [0.1, 0.15) is 21.5 Å². The highest BCUT2D eigenvalue weighted by atomic mass is 16.2. The molecule has 0 aliphatic heterocycles. The van der Waals surface area contributed by atoms with Crippen LogP contribution in [0.25, 0.3) is 10.8 Å². The molecule has 0 aliphatic rings. The predicted molar refractivity (Wildman–Crippen MR) is 107 cm³/mol. The first kappa shape index (κ1) is 19.1. The molecule has 142 valence electrons. The van der Waals surface area contributed by atoms with Crippen LogP contribution in [0.3, 0.4) is 0 Å². The molecule has 6 nitrogen and oxygen atoms in total. The zero-order chi connectivity index (χ0) is 19.9. The van der Waals surface area contributed by atoms with Crippen LogP contribution in [0.5, 0.6) is 0 Å². The Balaban J connectivity index is 1.48. The van der Waals surface area contributed by atoms with Gasteiger partial charge in [-0.3, -0.25) is 25.2 Å². The van der Waals surface area contributed by atoms with E-state index < -0.39 is 11.8 Å². The minimum Gasteiger partial charge on any atom is -0.347 e. The summed E-state index contributed by atoms with van der Waals surface area (Å²) in [5.74, 6) is -1.18. The fourth-order valence-electron chi connectivity index (χ4n) is 2.93. The Labute approximate surface area is 162 Å². The minimum atomic E-state index is -0.506. The van der Waals surface area contributed by atoms with Crippen LogP contribution in [0.2, 0.25) is 0 Å². The van der Waals surface area contributed by atoms with Gasteiger partial charge in [-0.05, 0) is 34.9 Å². The van der Waals surface area contributed by atoms with E-state index in [1.54, 1.807) is 12.1 Å². The molecule has 3 rings (SSSR count). The number of hydrogen-bond acceptors (Lipinski definition) is 3. The summed E-state index contributed by atoms with van der Waals surface area (Å²) in [6, 6.07) is 20.7. The zero-order valence-corrected chi connectivity index (χ0v) is 15.5. The molecule has 0 atom stereocenters. The van der Waals surface area contributed by atoms with E-state index in [0.717, 1.165) is 21.9 Å². The number of nitrogens with one attached hydrogen (secondary N) is 3. The van der Waals surface area contributed by atoms with Crippen molar-refractivity contribution in [2.75, 3.05) is 6.54 Å². The summed E-state index contributed by atoms with van der Waals surface area (Å²) in [6.45, 7) is 1.59. The van der Waals surface area contributed by atoms with Gasteiger partial charge in [0.2, 0.25) is 5.91 Å². The van der Waals surface area contributed by atoms with Gasteiger partial charge in [0.1, 0.15) is 0 Å². The number of carbonyl (C=O) groups excluding carboxylic acids is 3. The van der Waals surface area contributed by atoms with Crippen molar-refractivity contribution in [2.24, 2.45) is 0 Å². The number of amides is 3. The molecule has 3 N–H and O–H groups in total. The van der Waals surface area contributed by atoms with Gasteiger partial charge >= 0.3 is 0 Å². The van der Waals surface area contributed by atoms with E-state index in [1.165, 1.54) is 0 Å². The molecule has 0 aliphatic carbocycles. The van der Waals surface area contributed by atoms with Crippen molar-refractivity contribution in [1.29, 1.82) is 0 Å². The van der Waals surface area contributed by atoms with Crippen molar-refractivity contribution in [3.8, 4) is 0 Å². The molecule has 0 radical (unpaired) electrons. The fourth-order valence-corrected chi connectivity index (χ4v) is 2.93. The van der Waals surface area contributed by atoms with Crippen LogP contribution in [0.4, 0.5) is 0 Å². The second-order valence-electron chi connectivity index (χ2n) is 6.41. The van der Waals surface area contributed by atoms with Crippen LogP contribution in [-0.2, 0) is 16.0 Å². The second-order valence-corrected chi connectivity index (χ2v) is 6.41. The van der Waals surface area contributed by atoms with Gasteiger partial charge in [-0.2, -0.15) is 0 Å². The van der Waals surface area contributed by atoms with Gasteiger partial charge in [-0.1, -0.05) is 60.7 Å². The van der Waals surface area contributed by atoms with E-state index in [0.29, 0.717) is 5.56 Å². The summed E-state index contributed by atoms with van der Waals surface area (Å²) in [4.78, 5) is 36.1. The first-order chi connectivity index (χ1) is 13.5. The maximum atomic E-state index is 12.2. The molecular formula is C22H21N3O3. The average Bonchev–Trinajstić information content (AvgIpc) is 2.71. The van der Waals surface area contributed by atoms with Crippen molar-refractivity contribution in [3.63, 3.8) is 0 Å². The largest absolute Gasteiger partial charge is 0.347 e. The summed E-state index contributed by atoms with van der Waals surface area (Å²) >= 11 is 0. The van der Waals surface area contributed by atoms with Gasteiger partial charge in [0.15, 0.2) is 0 Å². The maximum absolute atomic E-state index is 12.2. The van der Waals surface area contributed by atoms with E-state index in [4.69, 9.17) is 0 Å². The lowest BCUT2D eigenvalue weighted by molar-refractivity contribution is -0.126. The zero-order valence-electron chi connectivity index (χ0n) is 15.5. The van der Waals surface area contributed by atoms with E-state index in [2.05, 4.69) is 16.2 Å².